The average Bonchev–Trinajstić information content (AvgIpc) is 2.08. The fourth-order valence-electron chi connectivity index (χ4n) is 1.86. The molecule has 1 unspecified atom stereocenters. The van der Waals surface area contributed by atoms with Crippen LogP contribution in [0.15, 0.2) is 22.7 Å². The van der Waals surface area contributed by atoms with Crippen LogP contribution in [-0.4, -0.2) is 19.3 Å². The highest BCUT2D eigenvalue weighted by Gasteiger charge is 2.45. The van der Waals surface area contributed by atoms with Crippen molar-refractivity contribution in [3.05, 3.63) is 34.1 Å². The van der Waals surface area contributed by atoms with Gasteiger partial charge in [-0.1, -0.05) is 15.9 Å². The maximum Gasteiger partial charge on any atom is 0.127 e. The summed E-state index contributed by atoms with van der Waals surface area (Å²) in [4.78, 5) is 0. The molecule has 1 aromatic rings. The van der Waals surface area contributed by atoms with Crippen LogP contribution in [0.25, 0.3) is 0 Å². The van der Waals surface area contributed by atoms with E-state index in [9.17, 15) is 4.39 Å². The van der Waals surface area contributed by atoms with Crippen molar-refractivity contribution < 1.29 is 9.13 Å². The number of ether oxygens (including phenoxy) is 1. The molecule has 2 N–H and O–H groups in total. The Kier molecular flexibility index (Phi) is 2.83. The minimum absolute atomic E-state index is 0.116. The standard InChI is InChI=1S/C11H13BrFNO/c1-7(14)11(5-15-6-11)9-4-8(12)2-3-10(9)13/h2-4,7H,5-6,14H2,1H3. The zero-order chi connectivity index (χ0) is 11.1. The topological polar surface area (TPSA) is 35.2 Å². The quantitative estimate of drug-likeness (QED) is 0.897. The van der Waals surface area contributed by atoms with Crippen LogP contribution < -0.4 is 5.73 Å². The van der Waals surface area contributed by atoms with Crippen LogP contribution in [-0.2, 0) is 10.2 Å². The van der Waals surface area contributed by atoms with E-state index in [0.717, 1.165) is 4.47 Å². The summed E-state index contributed by atoms with van der Waals surface area (Å²) >= 11 is 3.34. The van der Waals surface area contributed by atoms with Crippen molar-refractivity contribution in [1.82, 2.24) is 0 Å². The van der Waals surface area contributed by atoms with Gasteiger partial charge in [0, 0.05) is 16.1 Å². The van der Waals surface area contributed by atoms with Gasteiger partial charge in [0.05, 0.1) is 18.6 Å². The Labute approximate surface area is 96.7 Å². The molecule has 2 rings (SSSR count). The normalized spacial score (nSPS) is 20.8. The summed E-state index contributed by atoms with van der Waals surface area (Å²) < 4.78 is 19.8. The Balaban J connectivity index is 2.47. The highest BCUT2D eigenvalue weighted by molar-refractivity contribution is 9.10. The van der Waals surface area contributed by atoms with Gasteiger partial charge in [-0.3, -0.25) is 0 Å². The number of hydrogen-bond acceptors (Lipinski definition) is 2. The minimum atomic E-state index is -0.353. The summed E-state index contributed by atoms with van der Waals surface area (Å²) in [5.74, 6) is -0.209. The van der Waals surface area contributed by atoms with Crippen molar-refractivity contribution >= 4 is 15.9 Å². The summed E-state index contributed by atoms with van der Waals surface area (Å²) in [5.41, 5.74) is 6.22. The van der Waals surface area contributed by atoms with Crippen LogP contribution >= 0.6 is 15.9 Å². The van der Waals surface area contributed by atoms with Crippen molar-refractivity contribution in [3.63, 3.8) is 0 Å². The summed E-state index contributed by atoms with van der Waals surface area (Å²) in [5, 5.41) is 0. The molecule has 1 aliphatic rings. The molecule has 1 saturated heterocycles. The summed E-state index contributed by atoms with van der Waals surface area (Å²) in [6.07, 6.45) is 0. The molecule has 1 aliphatic heterocycles. The molecule has 0 radical (unpaired) electrons. The lowest BCUT2D eigenvalue weighted by atomic mass is 9.73. The van der Waals surface area contributed by atoms with Gasteiger partial charge in [0.15, 0.2) is 0 Å². The zero-order valence-corrected chi connectivity index (χ0v) is 10.1. The molecule has 0 amide bonds. The molecular formula is C11H13BrFNO. The molecule has 0 aromatic heterocycles. The number of halogens is 2. The third kappa shape index (κ3) is 1.71. The molecule has 4 heteroatoms. The Morgan fingerprint density at radius 3 is 2.67 bits per heavy atom. The average molecular weight is 274 g/mol. The Hall–Kier alpha value is -0.450. The van der Waals surface area contributed by atoms with Crippen LogP contribution in [0.3, 0.4) is 0 Å². The van der Waals surface area contributed by atoms with Gasteiger partial charge in [-0.25, -0.2) is 4.39 Å². The highest BCUT2D eigenvalue weighted by atomic mass is 79.9. The molecule has 82 valence electrons. The molecule has 0 aliphatic carbocycles. The predicted molar refractivity (Wildman–Crippen MR) is 60.2 cm³/mol. The summed E-state index contributed by atoms with van der Waals surface area (Å²) in [6.45, 7) is 2.89. The van der Waals surface area contributed by atoms with Crippen molar-refractivity contribution in [2.75, 3.05) is 13.2 Å². The van der Waals surface area contributed by atoms with Crippen LogP contribution in [0.2, 0.25) is 0 Å². The first kappa shape index (κ1) is 11.0. The van der Waals surface area contributed by atoms with Gasteiger partial charge in [-0.15, -0.1) is 0 Å². The smallest absolute Gasteiger partial charge is 0.127 e. The Morgan fingerprint density at radius 2 is 2.20 bits per heavy atom. The van der Waals surface area contributed by atoms with Crippen LogP contribution in [0, 0.1) is 5.82 Å². The predicted octanol–water partition coefficient (Wildman–Crippen LogP) is 2.20. The fourth-order valence-corrected chi connectivity index (χ4v) is 2.23. The number of rotatable bonds is 2. The van der Waals surface area contributed by atoms with E-state index in [1.54, 1.807) is 12.1 Å². The first-order chi connectivity index (χ1) is 7.06. The second kappa shape index (κ2) is 3.85. The SMILES string of the molecule is CC(N)C1(c2cc(Br)ccc2F)COC1. The van der Waals surface area contributed by atoms with E-state index in [1.807, 2.05) is 6.92 Å². The second-order valence-electron chi connectivity index (χ2n) is 4.06. The molecular weight excluding hydrogens is 261 g/mol. The number of benzene rings is 1. The lowest BCUT2D eigenvalue weighted by Crippen LogP contribution is -2.58. The molecule has 1 atom stereocenters. The largest absolute Gasteiger partial charge is 0.379 e. The van der Waals surface area contributed by atoms with Gasteiger partial charge in [0.1, 0.15) is 5.82 Å². The third-order valence-electron chi connectivity index (χ3n) is 3.06. The van der Waals surface area contributed by atoms with Crippen molar-refractivity contribution in [3.8, 4) is 0 Å². The van der Waals surface area contributed by atoms with Crippen LogP contribution in [0.4, 0.5) is 4.39 Å². The van der Waals surface area contributed by atoms with Gasteiger partial charge in [0.25, 0.3) is 0 Å². The molecule has 1 aromatic carbocycles. The third-order valence-corrected chi connectivity index (χ3v) is 3.55. The Morgan fingerprint density at radius 1 is 1.53 bits per heavy atom. The fraction of sp³-hybridized carbons (Fsp3) is 0.455. The van der Waals surface area contributed by atoms with E-state index >= 15 is 0 Å². The van der Waals surface area contributed by atoms with Crippen molar-refractivity contribution in [1.29, 1.82) is 0 Å². The van der Waals surface area contributed by atoms with Crippen molar-refractivity contribution in [2.45, 2.75) is 18.4 Å². The maximum absolute atomic E-state index is 13.7. The van der Waals surface area contributed by atoms with Gasteiger partial charge < -0.3 is 10.5 Å². The summed E-state index contributed by atoms with van der Waals surface area (Å²) in [7, 11) is 0. The molecule has 2 nitrogen and oxygen atoms in total. The van der Waals surface area contributed by atoms with E-state index in [1.165, 1.54) is 6.07 Å². The molecule has 0 saturated carbocycles. The second-order valence-corrected chi connectivity index (χ2v) is 4.98. The van der Waals surface area contributed by atoms with Crippen LogP contribution in [0.5, 0.6) is 0 Å². The molecule has 1 fully saturated rings. The Bertz CT molecular complexity index is 377. The van der Waals surface area contributed by atoms with E-state index < -0.39 is 0 Å². The first-order valence-corrected chi connectivity index (χ1v) is 5.64. The minimum Gasteiger partial charge on any atom is -0.379 e. The number of nitrogens with two attached hydrogens (primary N) is 1. The summed E-state index contributed by atoms with van der Waals surface area (Å²) in [6, 6.07) is 4.83. The van der Waals surface area contributed by atoms with E-state index in [4.69, 9.17) is 10.5 Å². The molecule has 15 heavy (non-hydrogen) atoms. The molecule has 1 heterocycles. The van der Waals surface area contributed by atoms with Gasteiger partial charge in [0.2, 0.25) is 0 Å². The number of hydrogen-bond donors (Lipinski definition) is 1. The van der Waals surface area contributed by atoms with Gasteiger partial charge in [-0.05, 0) is 25.1 Å². The zero-order valence-electron chi connectivity index (χ0n) is 8.47. The van der Waals surface area contributed by atoms with E-state index in [2.05, 4.69) is 15.9 Å². The lowest BCUT2D eigenvalue weighted by molar-refractivity contribution is -0.0717. The van der Waals surface area contributed by atoms with Gasteiger partial charge in [-0.2, -0.15) is 0 Å². The van der Waals surface area contributed by atoms with Crippen molar-refractivity contribution in [2.24, 2.45) is 5.73 Å². The van der Waals surface area contributed by atoms with E-state index in [0.29, 0.717) is 18.8 Å². The lowest BCUT2D eigenvalue weighted by Gasteiger charge is -2.45. The highest BCUT2D eigenvalue weighted by Crippen LogP contribution is 2.37. The molecule has 0 spiro atoms. The maximum atomic E-state index is 13.7. The monoisotopic (exact) mass is 273 g/mol. The van der Waals surface area contributed by atoms with E-state index in [-0.39, 0.29) is 17.3 Å². The van der Waals surface area contributed by atoms with Crippen LogP contribution in [0.1, 0.15) is 12.5 Å². The van der Waals surface area contributed by atoms with Gasteiger partial charge >= 0.3 is 0 Å². The molecule has 0 bridgehead atoms. The first-order valence-electron chi connectivity index (χ1n) is 4.85.